The van der Waals surface area contributed by atoms with E-state index >= 15 is 0 Å². The second kappa shape index (κ2) is 14.0. The van der Waals surface area contributed by atoms with Gasteiger partial charge in [-0.2, -0.15) is 13.2 Å². The molecule has 0 aliphatic carbocycles. The molecule has 4 aromatic rings. The van der Waals surface area contributed by atoms with Gasteiger partial charge in [0, 0.05) is 37.9 Å². The van der Waals surface area contributed by atoms with Gasteiger partial charge in [0.2, 0.25) is 0 Å². The van der Waals surface area contributed by atoms with E-state index in [9.17, 15) is 17.6 Å². The molecule has 230 valence electrons. The van der Waals surface area contributed by atoms with Gasteiger partial charge in [0.25, 0.3) is 0 Å². The number of nitrogens with zero attached hydrogens (tertiary/aromatic N) is 4. The molecule has 4 nitrogen and oxygen atoms in total. The highest BCUT2D eigenvalue weighted by molar-refractivity contribution is 5.33. The van der Waals surface area contributed by atoms with Gasteiger partial charge in [0.15, 0.2) is 0 Å². The summed E-state index contributed by atoms with van der Waals surface area (Å²) in [5.41, 5.74) is 3.90. The number of likely N-dealkylation sites (tertiary alicyclic amines) is 2. The van der Waals surface area contributed by atoms with Crippen molar-refractivity contribution in [2.45, 2.75) is 56.8 Å². The van der Waals surface area contributed by atoms with E-state index in [1.165, 1.54) is 49.1 Å². The van der Waals surface area contributed by atoms with Crippen LogP contribution in [0.15, 0.2) is 85.2 Å². The Morgan fingerprint density at radius 3 is 1.30 bits per heavy atom. The topological polar surface area (TPSA) is 16.3 Å². The highest BCUT2D eigenvalue weighted by Gasteiger charge is 2.31. The van der Waals surface area contributed by atoms with Crippen molar-refractivity contribution < 1.29 is 17.6 Å². The maximum Gasteiger partial charge on any atom is 0.416 e. The molecule has 4 heterocycles. The van der Waals surface area contributed by atoms with Crippen LogP contribution < -0.4 is 0 Å². The van der Waals surface area contributed by atoms with E-state index in [0.29, 0.717) is 0 Å². The Kier molecular flexibility index (Phi) is 10.1. The zero-order chi connectivity index (χ0) is 30.4. The molecule has 2 aliphatic rings. The van der Waals surface area contributed by atoms with E-state index < -0.39 is 11.7 Å². The third kappa shape index (κ3) is 7.60. The summed E-state index contributed by atoms with van der Waals surface area (Å²) in [4.78, 5) is 4.90. The first-order valence-electron chi connectivity index (χ1n) is 15.4. The minimum absolute atomic E-state index is 0.0117. The van der Waals surface area contributed by atoms with Gasteiger partial charge in [-0.05, 0) is 112 Å². The number of benzene rings is 2. The average Bonchev–Trinajstić information content (AvgIpc) is 3.63. The predicted octanol–water partition coefficient (Wildman–Crippen LogP) is 8.36. The fourth-order valence-corrected chi connectivity index (χ4v) is 6.51. The largest absolute Gasteiger partial charge is 0.416 e. The summed E-state index contributed by atoms with van der Waals surface area (Å²) in [5, 5.41) is 0. The van der Waals surface area contributed by atoms with Gasteiger partial charge in [0.1, 0.15) is 5.82 Å². The zero-order valence-electron chi connectivity index (χ0n) is 25.1. The molecule has 2 fully saturated rings. The first kappa shape index (κ1) is 31.1. The number of halogens is 4. The summed E-state index contributed by atoms with van der Waals surface area (Å²) in [5.74, 6) is -0.168. The number of piperidine rings is 2. The van der Waals surface area contributed by atoms with Crippen molar-refractivity contribution in [2.75, 3.05) is 26.2 Å². The van der Waals surface area contributed by atoms with Crippen molar-refractivity contribution >= 4 is 0 Å². The van der Waals surface area contributed by atoms with Crippen molar-refractivity contribution in [2.24, 2.45) is 14.1 Å². The van der Waals surface area contributed by atoms with Gasteiger partial charge >= 0.3 is 6.18 Å². The summed E-state index contributed by atoms with van der Waals surface area (Å²) >= 11 is 0. The highest BCUT2D eigenvalue weighted by atomic mass is 19.4. The maximum absolute atomic E-state index is 13.2. The third-order valence-electron chi connectivity index (χ3n) is 8.78. The molecule has 0 amide bonds. The fraction of sp³-hybridized carbons (Fsp3) is 0.429. The molecule has 0 bridgehead atoms. The lowest BCUT2D eigenvalue weighted by Gasteiger charge is -2.35. The van der Waals surface area contributed by atoms with Gasteiger partial charge in [-0.3, -0.25) is 9.80 Å². The maximum atomic E-state index is 13.2. The molecule has 0 radical (unpaired) electrons. The Balaban J connectivity index is 0.000000173. The summed E-state index contributed by atoms with van der Waals surface area (Å²) < 4.78 is 55.8. The molecule has 6 rings (SSSR count). The molecule has 2 aliphatic heterocycles. The molecule has 2 saturated heterocycles. The quantitative estimate of drug-likeness (QED) is 0.209. The molecular weight excluding hydrogens is 552 g/mol. The number of hydrogen-bond acceptors (Lipinski definition) is 2. The average molecular weight is 595 g/mol. The van der Waals surface area contributed by atoms with Crippen LogP contribution in [0.2, 0.25) is 0 Å². The number of aromatic nitrogens is 2. The van der Waals surface area contributed by atoms with Gasteiger partial charge in [0.05, 0.1) is 17.6 Å². The zero-order valence-corrected chi connectivity index (χ0v) is 25.1. The van der Waals surface area contributed by atoms with Gasteiger partial charge in [-0.25, -0.2) is 4.39 Å². The Hall–Kier alpha value is -3.36. The molecule has 0 spiro atoms. The molecule has 8 heteroatoms. The normalized spacial score (nSPS) is 18.1. The first-order valence-corrected chi connectivity index (χ1v) is 15.4. The Bertz CT molecular complexity index is 1410. The summed E-state index contributed by atoms with van der Waals surface area (Å²) in [6.07, 6.45) is 7.10. The van der Waals surface area contributed by atoms with E-state index in [2.05, 4.69) is 50.4 Å². The molecule has 0 N–H and O–H groups in total. The van der Waals surface area contributed by atoms with E-state index in [1.807, 2.05) is 31.4 Å². The molecule has 2 aromatic carbocycles. The van der Waals surface area contributed by atoms with Crippen molar-refractivity contribution in [3.8, 4) is 0 Å². The standard InChI is InChI=1S/C18H21F3N2.C17H21FN2/c1-22-11-5-6-16(22)17(23-12-3-2-4-13-23)14-7-9-15(10-8-14)18(19,20)21;1-19-11-5-6-16(19)17(20-12-3-2-4-13-20)14-7-9-15(18)10-8-14/h5-11,17H,2-4,12-13H2,1H3;5-11,17H,2-4,12-13H2,1H3. The van der Waals surface area contributed by atoms with Crippen LogP contribution in [0.25, 0.3) is 0 Å². The van der Waals surface area contributed by atoms with Gasteiger partial charge in [-0.15, -0.1) is 0 Å². The van der Waals surface area contributed by atoms with Gasteiger partial charge < -0.3 is 9.13 Å². The Labute approximate surface area is 252 Å². The van der Waals surface area contributed by atoms with E-state index in [4.69, 9.17) is 0 Å². The van der Waals surface area contributed by atoms with Crippen LogP contribution in [0.5, 0.6) is 0 Å². The van der Waals surface area contributed by atoms with Crippen LogP contribution >= 0.6 is 0 Å². The molecule has 2 atom stereocenters. The molecular formula is C35H42F4N4. The Morgan fingerprint density at radius 1 is 0.558 bits per heavy atom. The van der Waals surface area contributed by atoms with Crippen LogP contribution in [0.3, 0.4) is 0 Å². The Morgan fingerprint density at radius 2 is 0.953 bits per heavy atom. The SMILES string of the molecule is Cn1cccc1C(c1ccc(C(F)(F)F)cc1)N1CCCCC1.Cn1cccc1C(c1ccc(F)cc1)N1CCCCC1. The van der Waals surface area contributed by atoms with Crippen molar-refractivity contribution in [3.05, 3.63) is 119 Å². The minimum atomic E-state index is -4.29. The van der Waals surface area contributed by atoms with Gasteiger partial charge in [-0.1, -0.05) is 37.1 Å². The lowest BCUT2D eigenvalue weighted by atomic mass is 9.97. The van der Waals surface area contributed by atoms with Crippen LogP contribution in [-0.4, -0.2) is 45.1 Å². The van der Waals surface area contributed by atoms with Crippen molar-refractivity contribution in [1.82, 2.24) is 18.9 Å². The van der Waals surface area contributed by atoms with Crippen molar-refractivity contribution in [3.63, 3.8) is 0 Å². The summed E-state index contributed by atoms with van der Waals surface area (Å²) in [7, 11) is 4.06. The number of aryl methyl sites for hydroxylation is 2. The highest BCUT2D eigenvalue weighted by Crippen LogP contribution is 2.35. The predicted molar refractivity (Wildman–Crippen MR) is 163 cm³/mol. The van der Waals surface area contributed by atoms with Crippen LogP contribution in [0.4, 0.5) is 17.6 Å². The minimum Gasteiger partial charge on any atom is -0.353 e. The lowest BCUT2D eigenvalue weighted by molar-refractivity contribution is -0.137. The molecule has 2 unspecified atom stereocenters. The van der Waals surface area contributed by atoms with Crippen LogP contribution in [-0.2, 0) is 20.3 Å². The second-order valence-corrected chi connectivity index (χ2v) is 11.8. The summed E-state index contributed by atoms with van der Waals surface area (Å²) in [6, 6.07) is 21.1. The molecule has 43 heavy (non-hydrogen) atoms. The molecule has 0 saturated carbocycles. The van der Waals surface area contributed by atoms with E-state index in [-0.39, 0.29) is 17.9 Å². The number of rotatable bonds is 6. The fourth-order valence-electron chi connectivity index (χ4n) is 6.51. The molecule has 2 aromatic heterocycles. The van der Waals surface area contributed by atoms with Crippen LogP contribution in [0, 0.1) is 5.82 Å². The number of alkyl halides is 3. The summed E-state index contributed by atoms with van der Waals surface area (Å²) in [6.45, 7) is 4.20. The van der Waals surface area contributed by atoms with E-state index in [1.54, 1.807) is 24.3 Å². The van der Waals surface area contributed by atoms with Crippen molar-refractivity contribution in [1.29, 1.82) is 0 Å². The monoisotopic (exact) mass is 594 g/mol. The first-order chi connectivity index (χ1) is 20.7. The third-order valence-corrected chi connectivity index (χ3v) is 8.78. The smallest absolute Gasteiger partial charge is 0.353 e. The lowest BCUT2D eigenvalue weighted by Crippen LogP contribution is -2.35. The second-order valence-electron chi connectivity index (χ2n) is 11.8. The van der Waals surface area contributed by atoms with E-state index in [0.717, 1.165) is 50.3 Å². The van der Waals surface area contributed by atoms with Crippen LogP contribution in [0.1, 0.15) is 78.7 Å². The number of hydrogen-bond donors (Lipinski definition) is 0.